The molecule has 0 N–H and O–H groups in total. The Morgan fingerprint density at radius 2 is 2.50 bits per heavy atom. The van der Waals surface area contributed by atoms with Crippen molar-refractivity contribution in [1.82, 2.24) is 4.90 Å². The minimum absolute atomic E-state index is 0.209. The van der Waals surface area contributed by atoms with Gasteiger partial charge in [0.05, 0.1) is 12.7 Å². The van der Waals surface area contributed by atoms with E-state index in [2.05, 4.69) is 28.7 Å². The van der Waals surface area contributed by atoms with Crippen molar-refractivity contribution in [1.29, 1.82) is 0 Å². The Bertz CT molecular complexity index is 304. The zero-order chi connectivity index (χ0) is 11.4. The van der Waals surface area contributed by atoms with Crippen LogP contribution < -0.4 is 0 Å². The van der Waals surface area contributed by atoms with Gasteiger partial charge in [0.15, 0.2) is 0 Å². The molecule has 1 fully saturated rings. The summed E-state index contributed by atoms with van der Waals surface area (Å²) < 4.78 is 5.64. The van der Waals surface area contributed by atoms with Crippen LogP contribution in [-0.4, -0.2) is 42.6 Å². The van der Waals surface area contributed by atoms with Gasteiger partial charge in [0, 0.05) is 25.0 Å². The molecular formula is C12H18ClNOS. The molecule has 90 valence electrons. The summed E-state index contributed by atoms with van der Waals surface area (Å²) in [6.45, 7) is 5.10. The molecule has 4 heteroatoms. The fourth-order valence-electron chi connectivity index (χ4n) is 1.99. The van der Waals surface area contributed by atoms with Crippen LogP contribution in [0.3, 0.4) is 0 Å². The first-order valence-electron chi connectivity index (χ1n) is 5.72. The summed E-state index contributed by atoms with van der Waals surface area (Å²) in [5.41, 5.74) is 1.44. The van der Waals surface area contributed by atoms with Crippen LogP contribution in [0.15, 0.2) is 16.8 Å². The molecule has 0 amide bonds. The number of morpholine rings is 1. The number of nitrogens with zero attached hydrogens (tertiary/aromatic N) is 1. The number of hydrogen-bond donors (Lipinski definition) is 0. The Morgan fingerprint density at radius 3 is 3.19 bits per heavy atom. The Balaban J connectivity index is 1.82. The molecule has 16 heavy (non-hydrogen) atoms. The molecular weight excluding hydrogens is 242 g/mol. The Labute approximate surface area is 106 Å². The molecule has 2 nitrogen and oxygen atoms in total. The third kappa shape index (κ3) is 3.20. The average molecular weight is 260 g/mol. The minimum atomic E-state index is 0.209. The third-order valence-corrected chi connectivity index (χ3v) is 4.15. The van der Waals surface area contributed by atoms with E-state index in [0.29, 0.717) is 11.9 Å². The predicted octanol–water partition coefficient (Wildman–Crippen LogP) is 2.62. The monoisotopic (exact) mass is 259 g/mol. The molecule has 0 aromatic carbocycles. The Hall–Kier alpha value is -0.0900. The molecule has 0 aliphatic carbocycles. The molecule has 1 aliphatic heterocycles. The summed E-state index contributed by atoms with van der Waals surface area (Å²) in [4.78, 5) is 2.48. The van der Waals surface area contributed by atoms with Crippen LogP contribution in [0, 0.1) is 0 Å². The number of hydrogen-bond acceptors (Lipinski definition) is 3. The van der Waals surface area contributed by atoms with Gasteiger partial charge in [-0.05, 0) is 35.7 Å². The van der Waals surface area contributed by atoms with Crippen LogP contribution in [0.25, 0.3) is 0 Å². The SMILES string of the molecule is CC1COC(CCl)CN1CCc1ccsc1. The van der Waals surface area contributed by atoms with Crippen molar-refractivity contribution in [3.05, 3.63) is 22.4 Å². The molecule has 1 aliphatic rings. The maximum Gasteiger partial charge on any atom is 0.0837 e. The zero-order valence-corrected chi connectivity index (χ0v) is 11.1. The van der Waals surface area contributed by atoms with Gasteiger partial charge < -0.3 is 4.74 Å². The van der Waals surface area contributed by atoms with Crippen LogP contribution in [0.5, 0.6) is 0 Å². The van der Waals surface area contributed by atoms with E-state index in [0.717, 1.165) is 26.1 Å². The first-order chi connectivity index (χ1) is 7.79. The van der Waals surface area contributed by atoms with E-state index >= 15 is 0 Å². The van der Waals surface area contributed by atoms with Gasteiger partial charge in [0.25, 0.3) is 0 Å². The molecule has 2 rings (SSSR count). The minimum Gasteiger partial charge on any atom is -0.374 e. The number of halogens is 1. The van der Waals surface area contributed by atoms with Gasteiger partial charge in [-0.2, -0.15) is 11.3 Å². The quantitative estimate of drug-likeness (QED) is 0.771. The van der Waals surface area contributed by atoms with Crippen molar-refractivity contribution in [2.75, 3.05) is 25.6 Å². The summed E-state index contributed by atoms with van der Waals surface area (Å²) in [5, 5.41) is 4.36. The van der Waals surface area contributed by atoms with Crippen LogP contribution in [0.1, 0.15) is 12.5 Å². The lowest BCUT2D eigenvalue weighted by atomic mass is 10.1. The smallest absolute Gasteiger partial charge is 0.0837 e. The second kappa shape index (κ2) is 6.01. The Morgan fingerprint density at radius 1 is 1.62 bits per heavy atom. The predicted molar refractivity (Wildman–Crippen MR) is 69.5 cm³/mol. The van der Waals surface area contributed by atoms with Crippen molar-refractivity contribution in [2.45, 2.75) is 25.5 Å². The first kappa shape index (κ1) is 12.4. The van der Waals surface area contributed by atoms with Crippen molar-refractivity contribution in [3.63, 3.8) is 0 Å². The maximum absolute atomic E-state index is 5.84. The van der Waals surface area contributed by atoms with E-state index < -0.39 is 0 Å². The van der Waals surface area contributed by atoms with Gasteiger partial charge in [0.2, 0.25) is 0 Å². The number of thiophene rings is 1. The van der Waals surface area contributed by atoms with Crippen molar-refractivity contribution >= 4 is 22.9 Å². The van der Waals surface area contributed by atoms with E-state index in [1.807, 2.05) is 0 Å². The Kier molecular flexibility index (Phi) is 4.65. The normalized spacial score (nSPS) is 27.1. The maximum atomic E-state index is 5.84. The molecule has 0 saturated carbocycles. The van der Waals surface area contributed by atoms with Gasteiger partial charge in [-0.25, -0.2) is 0 Å². The van der Waals surface area contributed by atoms with Gasteiger partial charge in [-0.3, -0.25) is 4.90 Å². The van der Waals surface area contributed by atoms with Crippen LogP contribution in [0.4, 0.5) is 0 Å². The fourth-order valence-corrected chi connectivity index (χ4v) is 2.88. The second-order valence-electron chi connectivity index (χ2n) is 4.34. The first-order valence-corrected chi connectivity index (χ1v) is 7.20. The zero-order valence-electron chi connectivity index (χ0n) is 9.56. The molecule has 1 aromatic rings. The summed E-state index contributed by atoms with van der Waals surface area (Å²) in [5.74, 6) is 0.599. The highest BCUT2D eigenvalue weighted by molar-refractivity contribution is 7.07. The number of rotatable bonds is 4. The van der Waals surface area contributed by atoms with E-state index in [-0.39, 0.29) is 6.10 Å². The summed E-state index contributed by atoms with van der Waals surface area (Å²) in [6, 6.07) is 2.72. The largest absolute Gasteiger partial charge is 0.374 e. The van der Waals surface area contributed by atoms with Crippen molar-refractivity contribution < 1.29 is 4.74 Å². The van der Waals surface area contributed by atoms with Crippen LogP contribution in [0.2, 0.25) is 0 Å². The molecule has 0 spiro atoms. The summed E-state index contributed by atoms with van der Waals surface area (Å²) in [7, 11) is 0. The van der Waals surface area contributed by atoms with Crippen LogP contribution >= 0.6 is 22.9 Å². The van der Waals surface area contributed by atoms with Crippen molar-refractivity contribution in [3.8, 4) is 0 Å². The molecule has 1 aromatic heterocycles. The van der Waals surface area contributed by atoms with E-state index in [4.69, 9.17) is 16.3 Å². The summed E-state index contributed by atoms with van der Waals surface area (Å²) in [6.07, 6.45) is 1.34. The molecule has 2 unspecified atom stereocenters. The highest BCUT2D eigenvalue weighted by atomic mass is 35.5. The summed E-state index contributed by atoms with van der Waals surface area (Å²) >= 11 is 7.61. The third-order valence-electron chi connectivity index (χ3n) is 3.07. The van der Waals surface area contributed by atoms with Gasteiger partial charge in [-0.15, -0.1) is 11.6 Å². The molecule has 2 heterocycles. The van der Waals surface area contributed by atoms with Crippen LogP contribution in [-0.2, 0) is 11.2 Å². The lowest BCUT2D eigenvalue weighted by Gasteiger charge is -2.37. The average Bonchev–Trinajstić information content (AvgIpc) is 2.81. The fraction of sp³-hybridized carbons (Fsp3) is 0.667. The standard InChI is InChI=1S/C12H18ClNOS/c1-10-8-15-12(6-13)7-14(10)4-2-11-3-5-16-9-11/h3,5,9-10,12H,2,4,6-8H2,1H3. The lowest BCUT2D eigenvalue weighted by Crippen LogP contribution is -2.49. The van der Waals surface area contributed by atoms with Gasteiger partial charge >= 0.3 is 0 Å². The highest BCUT2D eigenvalue weighted by Crippen LogP contribution is 2.14. The topological polar surface area (TPSA) is 12.5 Å². The van der Waals surface area contributed by atoms with Gasteiger partial charge in [-0.1, -0.05) is 0 Å². The lowest BCUT2D eigenvalue weighted by molar-refractivity contribution is -0.0471. The van der Waals surface area contributed by atoms with Crippen molar-refractivity contribution in [2.24, 2.45) is 0 Å². The highest BCUT2D eigenvalue weighted by Gasteiger charge is 2.24. The molecule has 0 bridgehead atoms. The number of ether oxygens (including phenoxy) is 1. The molecule has 2 atom stereocenters. The van der Waals surface area contributed by atoms with E-state index in [9.17, 15) is 0 Å². The number of alkyl halides is 1. The van der Waals surface area contributed by atoms with E-state index in [1.54, 1.807) is 11.3 Å². The molecule has 1 saturated heterocycles. The van der Waals surface area contributed by atoms with Gasteiger partial charge in [0.1, 0.15) is 0 Å². The van der Waals surface area contributed by atoms with E-state index in [1.165, 1.54) is 5.56 Å². The second-order valence-corrected chi connectivity index (χ2v) is 5.42. The molecule has 0 radical (unpaired) electrons.